The summed E-state index contributed by atoms with van der Waals surface area (Å²) in [5.41, 5.74) is 1.66. The van der Waals surface area contributed by atoms with Crippen molar-refractivity contribution in [2.75, 3.05) is 24.0 Å². The first-order chi connectivity index (χ1) is 9.04. The van der Waals surface area contributed by atoms with Gasteiger partial charge in [0, 0.05) is 24.8 Å². The first-order valence-corrected chi connectivity index (χ1v) is 8.12. The number of rotatable bonds is 7. The Labute approximate surface area is 120 Å². The number of aliphatic hydroxyl groups is 1. The van der Waals surface area contributed by atoms with Gasteiger partial charge in [-0.05, 0) is 12.7 Å². The van der Waals surface area contributed by atoms with Crippen LogP contribution in [0, 0.1) is 0 Å². The maximum absolute atomic E-state index is 9.54. The van der Waals surface area contributed by atoms with E-state index >= 15 is 0 Å². The molecule has 0 bridgehead atoms. The van der Waals surface area contributed by atoms with Crippen LogP contribution in [0.4, 0.5) is 5.69 Å². The van der Waals surface area contributed by atoms with Gasteiger partial charge in [0.25, 0.3) is 0 Å². The summed E-state index contributed by atoms with van der Waals surface area (Å²) in [6, 6.07) is 0.439. The Kier molecular flexibility index (Phi) is 6.58. The largest absolute Gasteiger partial charge is 0.390 e. The van der Waals surface area contributed by atoms with Crippen molar-refractivity contribution in [3.63, 3.8) is 0 Å². The number of aromatic nitrogens is 2. The number of anilines is 1. The fourth-order valence-electron chi connectivity index (χ4n) is 2.01. The van der Waals surface area contributed by atoms with Gasteiger partial charge in [0.2, 0.25) is 0 Å². The van der Waals surface area contributed by atoms with E-state index in [0.717, 1.165) is 29.4 Å². The second-order valence-corrected chi connectivity index (χ2v) is 5.91. The summed E-state index contributed by atoms with van der Waals surface area (Å²) in [5, 5.41) is 9.54. The molecule has 1 N–H and O–H groups in total. The lowest BCUT2D eigenvalue weighted by atomic mass is 10.1. The maximum atomic E-state index is 9.54. The first-order valence-electron chi connectivity index (χ1n) is 6.73. The predicted octanol–water partition coefficient (Wildman–Crippen LogP) is 2.67. The van der Waals surface area contributed by atoms with Crippen molar-refractivity contribution in [1.29, 1.82) is 0 Å². The van der Waals surface area contributed by atoms with Crippen molar-refractivity contribution in [3.05, 3.63) is 17.7 Å². The normalized spacial score (nSPS) is 12.8. The average Bonchev–Trinajstić information content (AvgIpc) is 2.43. The van der Waals surface area contributed by atoms with Crippen molar-refractivity contribution < 1.29 is 5.11 Å². The van der Waals surface area contributed by atoms with Crippen molar-refractivity contribution in [1.82, 2.24) is 9.97 Å². The summed E-state index contributed by atoms with van der Waals surface area (Å²) in [7, 11) is 2.05. The second-order valence-electron chi connectivity index (χ2n) is 5.00. The van der Waals surface area contributed by atoms with Gasteiger partial charge in [-0.15, -0.1) is 0 Å². The topological polar surface area (TPSA) is 49.2 Å². The van der Waals surface area contributed by atoms with Crippen molar-refractivity contribution >= 4 is 17.4 Å². The van der Waals surface area contributed by atoms with Crippen LogP contribution in [0.5, 0.6) is 0 Å². The van der Waals surface area contributed by atoms with E-state index in [1.807, 2.05) is 18.0 Å². The van der Waals surface area contributed by atoms with Gasteiger partial charge in [-0.25, -0.2) is 9.97 Å². The van der Waals surface area contributed by atoms with Crippen LogP contribution in [0.25, 0.3) is 0 Å². The number of nitrogens with zero attached hydrogens (tertiary/aromatic N) is 3. The molecule has 19 heavy (non-hydrogen) atoms. The standard InChI is InChI=1S/C14H25N3OS/c1-6-11(9-19-5)17(4)13-7-15-14(10(2)3)16-12(13)8-18/h7,10-11,18H,6,8-9H2,1-5H3. The molecule has 0 radical (unpaired) electrons. The van der Waals surface area contributed by atoms with Crippen LogP contribution in [-0.2, 0) is 6.61 Å². The minimum absolute atomic E-state index is 0.0440. The number of aliphatic hydroxyl groups excluding tert-OH is 1. The van der Waals surface area contributed by atoms with Gasteiger partial charge in [0.1, 0.15) is 5.82 Å². The van der Waals surface area contributed by atoms with E-state index in [-0.39, 0.29) is 12.5 Å². The monoisotopic (exact) mass is 283 g/mol. The maximum Gasteiger partial charge on any atom is 0.131 e. The van der Waals surface area contributed by atoms with E-state index < -0.39 is 0 Å². The van der Waals surface area contributed by atoms with E-state index in [4.69, 9.17) is 0 Å². The third kappa shape index (κ3) is 4.08. The lowest BCUT2D eigenvalue weighted by molar-refractivity contribution is 0.276. The summed E-state index contributed by atoms with van der Waals surface area (Å²) < 4.78 is 0. The highest BCUT2D eigenvalue weighted by Crippen LogP contribution is 2.23. The Bertz CT molecular complexity index is 398. The quantitative estimate of drug-likeness (QED) is 0.833. The molecule has 0 amide bonds. The predicted molar refractivity (Wildman–Crippen MR) is 82.9 cm³/mol. The van der Waals surface area contributed by atoms with Gasteiger partial charge in [-0.2, -0.15) is 11.8 Å². The highest BCUT2D eigenvalue weighted by atomic mass is 32.2. The minimum atomic E-state index is -0.0440. The van der Waals surface area contributed by atoms with Crippen LogP contribution < -0.4 is 4.90 Å². The van der Waals surface area contributed by atoms with Crippen molar-refractivity contribution in [2.45, 2.75) is 45.8 Å². The fourth-order valence-corrected chi connectivity index (χ4v) is 2.85. The van der Waals surface area contributed by atoms with Crippen molar-refractivity contribution in [3.8, 4) is 0 Å². The Balaban J connectivity index is 3.04. The smallest absolute Gasteiger partial charge is 0.131 e. The summed E-state index contributed by atoms with van der Waals surface area (Å²) in [6.45, 7) is 6.25. The molecule has 0 aliphatic rings. The molecule has 108 valence electrons. The Morgan fingerprint density at radius 3 is 2.58 bits per heavy atom. The summed E-state index contributed by atoms with van der Waals surface area (Å²) in [6.07, 6.45) is 5.02. The number of hydrogen-bond donors (Lipinski definition) is 1. The average molecular weight is 283 g/mol. The Morgan fingerprint density at radius 2 is 2.11 bits per heavy atom. The SMILES string of the molecule is CCC(CSC)N(C)c1cnc(C(C)C)nc1CO. The summed E-state index contributed by atoms with van der Waals surface area (Å²) in [4.78, 5) is 11.1. The van der Waals surface area contributed by atoms with E-state index in [0.29, 0.717) is 6.04 Å². The van der Waals surface area contributed by atoms with Crippen LogP contribution in [-0.4, -0.2) is 40.2 Å². The molecule has 0 saturated carbocycles. The molecule has 4 nitrogen and oxygen atoms in total. The third-order valence-electron chi connectivity index (χ3n) is 3.29. The molecule has 0 aliphatic carbocycles. The van der Waals surface area contributed by atoms with Gasteiger partial charge in [-0.1, -0.05) is 20.8 Å². The Hall–Kier alpha value is -0.810. The molecule has 5 heteroatoms. The van der Waals surface area contributed by atoms with E-state index in [1.165, 1.54) is 0 Å². The highest BCUT2D eigenvalue weighted by molar-refractivity contribution is 7.98. The van der Waals surface area contributed by atoms with Gasteiger partial charge in [0.05, 0.1) is 24.2 Å². The molecule has 0 fully saturated rings. The minimum Gasteiger partial charge on any atom is -0.390 e. The van der Waals surface area contributed by atoms with Crippen LogP contribution in [0.2, 0.25) is 0 Å². The molecule has 0 spiro atoms. The molecule has 1 atom stereocenters. The molecule has 1 aromatic rings. The summed E-state index contributed by atoms with van der Waals surface area (Å²) >= 11 is 1.83. The van der Waals surface area contributed by atoms with Crippen LogP contribution >= 0.6 is 11.8 Å². The van der Waals surface area contributed by atoms with E-state index in [1.54, 1.807) is 0 Å². The number of thioether (sulfide) groups is 1. The number of hydrogen-bond acceptors (Lipinski definition) is 5. The third-order valence-corrected chi connectivity index (χ3v) is 4.01. The first kappa shape index (κ1) is 16.2. The fraction of sp³-hybridized carbons (Fsp3) is 0.714. The van der Waals surface area contributed by atoms with E-state index in [9.17, 15) is 5.11 Å². The molecule has 1 rings (SSSR count). The van der Waals surface area contributed by atoms with Gasteiger partial charge >= 0.3 is 0 Å². The zero-order chi connectivity index (χ0) is 14.4. The van der Waals surface area contributed by atoms with Crippen molar-refractivity contribution in [2.24, 2.45) is 0 Å². The molecule has 0 aromatic carbocycles. The molecule has 1 aromatic heterocycles. The molecule has 0 saturated heterocycles. The molecule has 0 aliphatic heterocycles. The zero-order valence-corrected chi connectivity index (χ0v) is 13.4. The van der Waals surface area contributed by atoms with Gasteiger partial charge in [0.15, 0.2) is 0 Å². The lowest BCUT2D eigenvalue weighted by Gasteiger charge is -2.29. The lowest BCUT2D eigenvalue weighted by Crippen LogP contribution is -2.34. The van der Waals surface area contributed by atoms with Crippen LogP contribution in [0.1, 0.15) is 44.6 Å². The van der Waals surface area contributed by atoms with Gasteiger partial charge in [-0.3, -0.25) is 0 Å². The summed E-state index contributed by atoms with van der Waals surface area (Å²) in [5.74, 6) is 2.13. The van der Waals surface area contributed by atoms with Crippen LogP contribution in [0.15, 0.2) is 6.20 Å². The Morgan fingerprint density at radius 1 is 1.42 bits per heavy atom. The van der Waals surface area contributed by atoms with Gasteiger partial charge < -0.3 is 10.0 Å². The molecular formula is C14H25N3OS. The zero-order valence-electron chi connectivity index (χ0n) is 12.6. The second kappa shape index (κ2) is 7.70. The molecular weight excluding hydrogens is 258 g/mol. The molecule has 1 heterocycles. The van der Waals surface area contributed by atoms with E-state index in [2.05, 4.69) is 48.9 Å². The highest BCUT2D eigenvalue weighted by Gasteiger charge is 2.18. The molecule has 1 unspecified atom stereocenters. The van der Waals surface area contributed by atoms with Crippen LogP contribution in [0.3, 0.4) is 0 Å².